The topological polar surface area (TPSA) is 102 Å². The number of aromatic hydroxyl groups is 1. The number of fused-ring (bicyclic) bond motifs is 1. The Bertz CT molecular complexity index is 1380. The number of phenolic OH excluding ortho intramolecular Hbond substituents is 1. The van der Waals surface area contributed by atoms with Gasteiger partial charge in [0.25, 0.3) is 5.91 Å². The first-order chi connectivity index (χ1) is 20.4. The molecular formula is C32H40F3N5O3. The van der Waals surface area contributed by atoms with Crippen molar-refractivity contribution < 1.29 is 27.9 Å². The van der Waals surface area contributed by atoms with Gasteiger partial charge in [-0.05, 0) is 80.2 Å². The summed E-state index contributed by atoms with van der Waals surface area (Å²) < 4.78 is 40.2. The van der Waals surface area contributed by atoms with E-state index in [0.29, 0.717) is 49.9 Å². The van der Waals surface area contributed by atoms with E-state index in [4.69, 9.17) is 5.73 Å². The maximum atomic E-state index is 14.1. The van der Waals surface area contributed by atoms with Crippen LogP contribution in [0.3, 0.4) is 0 Å². The summed E-state index contributed by atoms with van der Waals surface area (Å²) in [5, 5.41) is 10.9. The van der Waals surface area contributed by atoms with Gasteiger partial charge >= 0.3 is 6.18 Å². The second-order valence-electron chi connectivity index (χ2n) is 11.3. The summed E-state index contributed by atoms with van der Waals surface area (Å²) in [6.45, 7) is 9.35. The molecule has 0 aromatic heterocycles. The molecule has 3 aliphatic rings. The third-order valence-corrected chi connectivity index (χ3v) is 8.43. The molecule has 3 N–H and O–H groups in total. The molecule has 1 aromatic carbocycles. The SMILES string of the molecule is C=CC(=O)N1CCCC2=C(N(C)c3ccc(C4CC4)cc3O)CCN(C(=O)/C(CCC)=C(N)/C=C(\N=C)C(F)(F)F)C2C1. The summed E-state index contributed by atoms with van der Waals surface area (Å²) in [4.78, 5) is 35.1. The maximum absolute atomic E-state index is 14.1. The zero-order valence-corrected chi connectivity index (χ0v) is 24.8. The lowest BCUT2D eigenvalue weighted by Crippen LogP contribution is -2.52. The Morgan fingerprint density at radius 2 is 1.95 bits per heavy atom. The number of likely N-dealkylation sites (tertiary alicyclic amines) is 1. The molecule has 1 unspecified atom stereocenters. The Morgan fingerprint density at radius 1 is 1.23 bits per heavy atom. The third-order valence-electron chi connectivity index (χ3n) is 8.43. The number of rotatable bonds is 9. The van der Waals surface area contributed by atoms with E-state index in [2.05, 4.69) is 18.3 Å². The number of amides is 2. The van der Waals surface area contributed by atoms with Crippen molar-refractivity contribution in [1.82, 2.24) is 9.80 Å². The smallest absolute Gasteiger partial charge is 0.433 e. The highest BCUT2D eigenvalue weighted by atomic mass is 19.4. The molecule has 1 saturated heterocycles. The van der Waals surface area contributed by atoms with Gasteiger partial charge < -0.3 is 25.5 Å². The number of nitrogens with zero attached hydrogens (tertiary/aromatic N) is 4. The Hall–Kier alpha value is -4.02. The van der Waals surface area contributed by atoms with Crippen molar-refractivity contribution in [1.29, 1.82) is 0 Å². The van der Waals surface area contributed by atoms with Gasteiger partial charge in [0.1, 0.15) is 11.4 Å². The van der Waals surface area contributed by atoms with Crippen LogP contribution < -0.4 is 10.6 Å². The molecular weight excluding hydrogens is 559 g/mol. The first-order valence-electron chi connectivity index (χ1n) is 14.7. The van der Waals surface area contributed by atoms with E-state index in [1.165, 1.54) is 6.08 Å². The molecule has 232 valence electrons. The quantitative estimate of drug-likeness (QED) is 0.221. The van der Waals surface area contributed by atoms with Gasteiger partial charge in [-0.25, -0.2) is 0 Å². The Balaban J connectivity index is 1.77. The van der Waals surface area contributed by atoms with E-state index in [1.54, 1.807) is 9.80 Å². The van der Waals surface area contributed by atoms with Crippen LogP contribution in [0.25, 0.3) is 0 Å². The number of nitrogens with two attached hydrogens (primary N) is 1. The highest BCUT2D eigenvalue weighted by molar-refractivity contribution is 5.95. The highest BCUT2D eigenvalue weighted by Gasteiger charge is 2.39. The molecule has 0 bridgehead atoms. The van der Waals surface area contributed by atoms with E-state index in [9.17, 15) is 27.9 Å². The van der Waals surface area contributed by atoms with Crippen molar-refractivity contribution in [2.24, 2.45) is 10.7 Å². The predicted molar refractivity (Wildman–Crippen MR) is 161 cm³/mol. The number of anilines is 1. The van der Waals surface area contributed by atoms with Crippen LogP contribution >= 0.6 is 0 Å². The van der Waals surface area contributed by atoms with Crippen molar-refractivity contribution in [3.8, 4) is 5.75 Å². The molecule has 0 radical (unpaired) electrons. The monoisotopic (exact) mass is 599 g/mol. The van der Waals surface area contributed by atoms with Crippen LogP contribution in [-0.4, -0.2) is 72.3 Å². The van der Waals surface area contributed by atoms with Gasteiger partial charge in [-0.15, -0.1) is 0 Å². The van der Waals surface area contributed by atoms with E-state index in [1.807, 2.05) is 37.1 Å². The third kappa shape index (κ3) is 6.97. The molecule has 8 nitrogen and oxygen atoms in total. The number of halogens is 3. The van der Waals surface area contributed by atoms with E-state index < -0.39 is 23.8 Å². The van der Waals surface area contributed by atoms with E-state index in [-0.39, 0.29) is 42.4 Å². The summed E-state index contributed by atoms with van der Waals surface area (Å²) in [7, 11) is 1.88. The average molecular weight is 600 g/mol. The summed E-state index contributed by atoms with van der Waals surface area (Å²) in [6.07, 6.45) is 1.69. The fraction of sp³-hybridized carbons (Fsp3) is 0.469. The number of aliphatic imine (C=N–C) groups is 1. The number of allylic oxidation sites excluding steroid dienone is 2. The lowest BCUT2D eigenvalue weighted by Gasteiger charge is -2.42. The molecule has 4 rings (SSSR count). The van der Waals surface area contributed by atoms with Crippen molar-refractivity contribution in [3.63, 3.8) is 0 Å². The molecule has 2 aliphatic heterocycles. The Labute approximate surface area is 250 Å². The van der Waals surface area contributed by atoms with Crippen molar-refractivity contribution in [2.45, 2.75) is 70.0 Å². The fourth-order valence-corrected chi connectivity index (χ4v) is 6.05. The fourth-order valence-electron chi connectivity index (χ4n) is 6.05. The summed E-state index contributed by atoms with van der Waals surface area (Å²) in [5.74, 6) is -0.0737. The highest BCUT2D eigenvalue weighted by Crippen LogP contribution is 2.44. The van der Waals surface area contributed by atoms with Gasteiger partial charge in [-0.1, -0.05) is 26.0 Å². The first kappa shape index (κ1) is 31.9. The van der Waals surface area contributed by atoms with Crippen molar-refractivity contribution >= 4 is 24.2 Å². The molecule has 1 atom stereocenters. The first-order valence-corrected chi connectivity index (χ1v) is 14.7. The van der Waals surface area contributed by atoms with Crippen LogP contribution in [0.1, 0.15) is 63.4 Å². The number of phenols is 1. The summed E-state index contributed by atoms with van der Waals surface area (Å²) in [5.41, 5.74) is 8.24. The minimum atomic E-state index is -4.78. The van der Waals surface area contributed by atoms with Gasteiger partial charge in [0.2, 0.25) is 5.91 Å². The number of hydrogen-bond acceptors (Lipinski definition) is 6. The van der Waals surface area contributed by atoms with Gasteiger partial charge in [-0.3, -0.25) is 14.6 Å². The molecule has 1 aliphatic carbocycles. The number of carbonyl (C=O) groups excluding carboxylic acids is 2. The standard InChI is InChI=1S/C32H40F3N5O3/c1-5-8-22(24(36)18-29(37-3)32(33,34)35)31(43)40-16-14-25(23-9-7-15-39(19-27(23)40)30(42)6-2)38(4)26-13-12-21(17-28(26)41)20-10-11-20/h6,12-13,17-18,20,27,41H,2-3,5,7-11,14-16,19,36H2,1,4H3/b24-22-,29-18-. The zero-order chi connectivity index (χ0) is 31.5. The van der Waals surface area contributed by atoms with Gasteiger partial charge in [0, 0.05) is 50.1 Å². The van der Waals surface area contributed by atoms with E-state index in [0.717, 1.165) is 29.7 Å². The van der Waals surface area contributed by atoms with Gasteiger partial charge in [0.05, 0.1) is 11.7 Å². The molecule has 1 aromatic rings. The predicted octanol–water partition coefficient (Wildman–Crippen LogP) is 5.53. The second-order valence-corrected chi connectivity index (χ2v) is 11.3. The average Bonchev–Trinajstić information content (AvgIpc) is 3.83. The molecule has 2 fully saturated rings. The lowest BCUT2D eigenvalue weighted by atomic mass is 9.91. The van der Waals surface area contributed by atoms with Crippen molar-refractivity contribution in [2.75, 3.05) is 31.6 Å². The Morgan fingerprint density at radius 3 is 2.53 bits per heavy atom. The summed E-state index contributed by atoms with van der Waals surface area (Å²) >= 11 is 0. The van der Waals surface area contributed by atoms with Gasteiger partial charge in [-0.2, -0.15) is 13.2 Å². The molecule has 2 heterocycles. The molecule has 1 saturated carbocycles. The summed E-state index contributed by atoms with van der Waals surface area (Å²) in [6, 6.07) is 5.22. The second kappa shape index (κ2) is 13.1. The maximum Gasteiger partial charge on any atom is 0.433 e. The number of benzene rings is 1. The van der Waals surface area contributed by atoms with Crippen molar-refractivity contribution in [3.05, 3.63) is 70.7 Å². The molecule has 0 spiro atoms. The van der Waals surface area contributed by atoms with Crippen LogP contribution in [0.2, 0.25) is 0 Å². The number of hydrogen-bond donors (Lipinski definition) is 2. The lowest BCUT2D eigenvalue weighted by molar-refractivity contribution is -0.132. The van der Waals surface area contributed by atoms with E-state index >= 15 is 0 Å². The zero-order valence-electron chi connectivity index (χ0n) is 24.8. The largest absolute Gasteiger partial charge is 0.506 e. The number of carbonyl (C=O) groups is 2. The van der Waals surface area contributed by atoms with Crippen LogP contribution in [0, 0.1) is 0 Å². The minimum Gasteiger partial charge on any atom is -0.506 e. The minimum absolute atomic E-state index is 0.0585. The molecule has 2 amide bonds. The molecule has 43 heavy (non-hydrogen) atoms. The van der Waals surface area contributed by atoms with Crippen LogP contribution in [-0.2, 0) is 9.59 Å². The van der Waals surface area contributed by atoms with Crippen LogP contribution in [0.15, 0.2) is 70.2 Å². The Kier molecular flexibility index (Phi) is 9.72. The molecule has 11 heteroatoms. The number of alkyl halides is 3. The van der Waals surface area contributed by atoms with Crippen LogP contribution in [0.4, 0.5) is 18.9 Å². The van der Waals surface area contributed by atoms with Gasteiger partial charge in [0.15, 0.2) is 0 Å². The van der Waals surface area contributed by atoms with Crippen LogP contribution in [0.5, 0.6) is 5.75 Å². The normalized spacial score (nSPS) is 20.2.